The van der Waals surface area contributed by atoms with Crippen LogP contribution in [0.4, 0.5) is 5.69 Å². The molecule has 0 aliphatic carbocycles. The van der Waals surface area contributed by atoms with Gasteiger partial charge in [-0.1, -0.05) is 18.2 Å². The van der Waals surface area contributed by atoms with E-state index in [1.165, 1.54) is 11.3 Å². The molecule has 2 rings (SSSR count). The highest BCUT2D eigenvalue weighted by atomic mass is 32.1. The number of thiophene rings is 1. The molecule has 1 N–H and O–H groups in total. The maximum absolute atomic E-state index is 11.7. The lowest BCUT2D eigenvalue weighted by Crippen LogP contribution is -2.08. The summed E-state index contributed by atoms with van der Waals surface area (Å²) in [5.74, 6) is 0.184. The highest BCUT2D eigenvalue weighted by Crippen LogP contribution is 2.18. The largest absolute Gasteiger partial charge is 0.384 e. The fourth-order valence-corrected chi connectivity index (χ4v) is 2.43. The third-order valence-electron chi connectivity index (χ3n) is 2.37. The zero-order valence-corrected chi connectivity index (χ0v) is 10.9. The maximum atomic E-state index is 11.7. The number of benzene rings is 1. The zero-order chi connectivity index (χ0) is 12.1. The van der Waals surface area contributed by atoms with Crippen molar-refractivity contribution in [2.24, 2.45) is 0 Å². The Kier molecular flexibility index (Phi) is 4.23. The molecule has 0 amide bonds. The van der Waals surface area contributed by atoms with Gasteiger partial charge in [-0.3, -0.25) is 4.79 Å². The molecule has 2 aromatic rings. The number of carbonyl (C=O) groups excluding carboxylic acids is 1. The van der Waals surface area contributed by atoms with Gasteiger partial charge in [0.25, 0.3) is 0 Å². The Labute approximate surface area is 110 Å². The number of rotatable bonds is 5. The summed E-state index contributed by atoms with van der Waals surface area (Å²) in [6.07, 6.45) is 0.503. The maximum Gasteiger partial charge on any atom is 0.174 e. The molecule has 17 heavy (non-hydrogen) atoms. The number of Topliss-reactive ketones (excluding diaryl/α,β-unsaturated/α-hetero) is 1. The Hall–Kier alpha value is -1.26. The first-order chi connectivity index (χ1) is 8.27. The van der Waals surface area contributed by atoms with Crippen LogP contribution in [0.5, 0.6) is 0 Å². The summed E-state index contributed by atoms with van der Waals surface area (Å²) in [7, 11) is 0. The lowest BCUT2D eigenvalue weighted by Gasteiger charge is -2.07. The predicted molar refractivity (Wildman–Crippen MR) is 75.5 cm³/mol. The molecule has 0 aliphatic rings. The minimum absolute atomic E-state index is 0.184. The summed E-state index contributed by atoms with van der Waals surface area (Å²) in [4.78, 5) is 13.5. The second-order valence-corrected chi connectivity index (χ2v) is 5.02. The fourth-order valence-electron chi connectivity index (χ4n) is 1.49. The predicted octanol–water partition coefficient (Wildman–Crippen LogP) is 3.72. The Morgan fingerprint density at radius 3 is 2.76 bits per heavy atom. The SMILES string of the molecule is O=C(CCNc1ccccc1S)c1cccs1. The van der Waals surface area contributed by atoms with Gasteiger partial charge in [0.15, 0.2) is 5.78 Å². The van der Waals surface area contributed by atoms with E-state index in [-0.39, 0.29) is 5.78 Å². The Morgan fingerprint density at radius 2 is 2.06 bits per heavy atom. The van der Waals surface area contributed by atoms with Crippen LogP contribution < -0.4 is 5.32 Å². The number of para-hydroxylation sites is 1. The number of anilines is 1. The lowest BCUT2D eigenvalue weighted by molar-refractivity contribution is 0.0990. The van der Waals surface area contributed by atoms with Crippen molar-refractivity contribution in [1.82, 2.24) is 0 Å². The first-order valence-electron chi connectivity index (χ1n) is 5.36. The molecular weight excluding hydrogens is 250 g/mol. The number of thiol groups is 1. The van der Waals surface area contributed by atoms with E-state index < -0.39 is 0 Å². The summed E-state index contributed by atoms with van der Waals surface area (Å²) in [5, 5.41) is 5.13. The van der Waals surface area contributed by atoms with Crippen molar-refractivity contribution in [1.29, 1.82) is 0 Å². The molecular formula is C13H13NOS2. The van der Waals surface area contributed by atoms with E-state index in [4.69, 9.17) is 0 Å². The molecule has 0 bridgehead atoms. The molecule has 2 nitrogen and oxygen atoms in total. The summed E-state index contributed by atoms with van der Waals surface area (Å²) >= 11 is 5.83. The Balaban J connectivity index is 1.84. The van der Waals surface area contributed by atoms with E-state index in [1.807, 2.05) is 41.8 Å². The van der Waals surface area contributed by atoms with E-state index in [9.17, 15) is 4.79 Å². The quantitative estimate of drug-likeness (QED) is 0.636. The highest BCUT2D eigenvalue weighted by Gasteiger charge is 2.06. The van der Waals surface area contributed by atoms with Crippen LogP contribution in [0.2, 0.25) is 0 Å². The van der Waals surface area contributed by atoms with Crippen molar-refractivity contribution in [3.8, 4) is 0 Å². The molecule has 0 radical (unpaired) electrons. The summed E-state index contributed by atoms with van der Waals surface area (Å²) < 4.78 is 0. The monoisotopic (exact) mass is 263 g/mol. The van der Waals surface area contributed by atoms with Crippen LogP contribution in [0.25, 0.3) is 0 Å². The van der Waals surface area contributed by atoms with Crippen LogP contribution in [-0.2, 0) is 0 Å². The number of nitrogens with one attached hydrogen (secondary N) is 1. The van der Waals surface area contributed by atoms with Crippen LogP contribution in [0, 0.1) is 0 Å². The minimum Gasteiger partial charge on any atom is -0.384 e. The molecule has 4 heteroatoms. The first kappa shape index (κ1) is 12.2. The van der Waals surface area contributed by atoms with Crippen molar-refractivity contribution in [3.05, 3.63) is 46.7 Å². The number of carbonyl (C=O) groups is 1. The first-order valence-corrected chi connectivity index (χ1v) is 6.68. The number of ketones is 1. The van der Waals surface area contributed by atoms with Crippen molar-refractivity contribution in [2.75, 3.05) is 11.9 Å². The average molecular weight is 263 g/mol. The standard InChI is InChI=1S/C13H13NOS2/c15-11(13-6-3-9-17-13)7-8-14-10-4-1-2-5-12(10)16/h1-6,9,14,16H,7-8H2. The Bertz CT molecular complexity index is 494. The smallest absolute Gasteiger partial charge is 0.174 e. The van der Waals surface area contributed by atoms with Gasteiger partial charge in [-0.15, -0.1) is 24.0 Å². The van der Waals surface area contributed by atoms with Gasteiger partial charge in [-0.2, -0.15) is 0 Å². The molecule has 0 saturated heterocycles. The second-order valence-electron chi connectivity index (χ2n) is 3.59. The molecule has 0 unspecified atom stereocenters. The van der Waals surface area contributed by atoms with Gasteiger partial charge in [0.1, 0.15) is 0 Å². The fraction of sp³-hybridized carbons (Fsp3) is 0.154. The Morgan fingerprint density at radius 1 is 1.24 bits per heavy atom. The van der Waals surface area contributed by atoms with Crippen LogP contribution in [0.3, 0.4) is 0 Å². The van der Waals surface area contributed by atoms with E-state index in [2.05, 4.69) is 17.9 Å². The van der Waals surface area contributed by atoms with E-state index >= 15 is 0 Å². The molecule has 0 fully saturated rings. The van der Waals surface area contributed by atoms with Gasteiger partial charge in [0.2, 0.25) is 0 Å². The van der Waals surface area contributed by atoms with E-state index in [0.717, 1.165) is 15.5 Å². The molecule has 1 aromatic heterocycles. The third-order valence-corrected chi connectivity index (χ3v) is 3.67. The summed E-state index contributed by atoms with van der Waals surface area (Å²) in [6, 6.07) is 11.5. The second kappa shape index (κ2) is 5.89. The van der Waals surface area contributed by atoms with Crippen molar-refractivity contribution >= 4 is 35.4 Å². The van der Waals surface area contributed by atoms with Crippen molar-refractivity contribution < 1.29 is 4.79 Å². The van der Waals surface area contributed by atoms with E-state index in [0.29, 0.717) is 13.0 Å². The van der Waals surface area contributed by atoms with Gasteiger partial charge >= 0.3 is 0 Å². The van der Waals surface area contributed by atoms with Crippen LogP contribution in [0.1, 0.15) is 16.1 Å². The van der Waals surface area contributed by atoms with Crippen LogP contribution in [-0.4, -0.2) is 12.3 Å². The molecule has 1 heterocycles. The molecule has 0 atom stereocenters. The molecule has 0 spiro atoms. The van der Waals surface area contributed by atoms with Gasteiger partial charge in [0.05, 0.1) is 4.88 Å². The minimum atomic E-state index is 0.184. The molecule has 0 saturated carbocycles. The number of hydrogen-bond donors (Lipinski definition) is 2. The topological polar surface area (TPSA) is 29.1 Å². The molecule has 1 aromatic carbocycles. The van der Waals surface area contributed by atoms with Crippen LogP contribution >= 0.6 is 24.0 Å². The van der Waals surface area contributed by atoms with Crippen molar-refractivity contribution in [2.45, 2.75) is 11.3 Å². The van der Waals surface area contributed by atoms with Gasteiger partial charge in [-0.25, -0.2) is 0 Å². The van der Waals surface area contributed by atoms with Gasteiger partial charge in [-0.05, 0) is 23.6 Å². The normalized spacial score (nSPS) is 10.2. The van der Waals surface area contributed by atoms with Crippen LogP contribution in [0.15, 0.2) is 46.7 Å². The zero-order valence-electron chi connectivity index (χ0n) is 9.22. The summed E-state index contributed by atoms with van der Waals surface area (Å²) in [5.41, 5.74) is 0.967. The molecule has 88 valence electrons. The molecule has 0 aliphatic heterocycles. The number of hydrogen-bond acceptors (Lipinski definition) is 4. The van der Waals surface area contributed by atoms with Gasteiger partial charge in [0, 0.05) is 23.5 Å². The highest BCUT2D eigenvalue weighted by molar-refractivity contribution is 7.80. The van der Waals surface area contributed by atoms with Gasteiger partial charge < -0.3 is 5.32 Å². The van der Waals surface area contributed by atoms with E-state index in [1.54, 1.807) is 0 Å². The van der Waals surface area contributed by atoms with Crippen molar-refractivity contribution in [3.63, 3.8) is 0 Å². The third kappa shape index (κ3) is 3.35. The lowest BCUT2D eigenvalue weighted by atomic mass is 10.2. The summed E-state index contributed by atoms with van der Waals surface area (Å²) in [6.45, 7) is 0.633. The average Bonchev–Trinajstić information content (AvgIpc) is 2.85.